The fourth-order valence-electron chi connectivity index (χ4n) is 3.36. The second kappa shape index (κ2) is 8.29. The van der Waals surface area contributed by atoms with E-state index in [1.807, 2.05) is 39.0 Å². The first-order valence-electron chi connectivity index (χ1n) is 10.00. The highest BCUT2D eigenvalue weighted by Gasteiger charge is 2.19. The van der Waals surface area contributed by atoms with Crippen LogP contribution in [-0.2, 0) is 11.0 Å². The van der Waals surface area contributed by atoms with Gasteiger partial charge >= 0.3 is 0 Å². The lowest BCUT2D eigenvalue weighted by Crippen LogP contribution is -2.37. The Morgan fingerprint density at radius 1 is 1.06 bits per heavy atom. The van der Waals surface area contributed by atoms with Crippen molar-refractivity contribution in [3.05, 3.63) is 78.4 Å². The average Bonchev–Trinajstić information content (AvgIpc) is 3.15. The molecule has 0 saturated heterocycles. The molecule has 0 bridgehead atoms. The highest BCUT2D eigenvalue weighted by molar-refractivity contribution is 7.83. The smallest absolute Gasteiger partial charge is 0.250 e. The van der Waals surface area contributed by atoms with Crippen molar-refractivity contribution < 1.29 is 13.4 Å². The number of fused-ring (bicyclic) bond motifs is 1. The summed E-state index contributed by atoms with van der Waals surface area (Å²) in [5, 5.41) is 0. The third-order valence-electron chi connectivity index (χ3n) is 4.78. The van der Waals surface area contributed by atoms with Crippen LogP contribution in [0.5, 0.6) is 0 Å². The summed E-state index contributed by atoms with van der Waals surface area (Å²) in [5.74, 6) is -1.000. The van der Waals surface area contributed by atoms with Crippen molar-refractivity contribution in [2.24, 2.45) is 5.73 Å². The lowest BCUT2D eigenvalue weighted by atomic mass is 10.0. The number of primary amides is 1. The molecule has 32 heavy (non-hydrogen) atoms. The summed E-state index contributed by atoms with van der Waals surface area (Å²) < 4.78 is 32.7. The monoisotopic (exact) mass is 450 g/mol. The predicted octanol–water partition coefficient (Wildman–Crippen LogP) is 4.32. The predicted molar refractivity (Wildman–Crippen MR) is 124 cm³/mol. The van der Waals surface area contributed by atoms with E-state index in [-0.39, 0.29) is 5.54 Å². The van der Waals surface area contributed by atoms with Gasteiger partial charge in [-0.25, -0.2) is 18.3 Å². The number of nitrogens with two attached hydrogens (primary N) is 1. The third-order valence-corrected chi connectivity index (χ3v) is 6.33. The number of amides is 1. The Morgan fingerprint density at radius 3 is 2.50 bits per heavy atom. The minimum atomic E-state index is -1.46. The highest BCUT2D eigenvalue weighted by atomic mass is 32.2. The van der Waals surface area contributed by atoms with Gasteiger partial charge in [-0.05, 0) is 62.2 Å². The molecule has 4 rings (SSSR count). The Kier molecular flexibility index (Phi) is 5.66. The molecule has 2 heterocycles. The molecule has 0 fully saturated rings. The number of hydrogen-bond acceptors (Lipinski definition) is 3. The lowest BCUT2D eigenvalue weighted by Gasteiger charge is -2.20. The summed E-state index contributed by atoms with van der Waals surface area (Å²) in [6, 6.07) is 15.3. The van der Waals surface area contributed by atoms with Gasteiger partial charge in [0.05, 0.1) is 16.2 Å². The standard InChI is InChI=1S/C24H23FN4O2S/c1-24(2,3)28-32(31)21-7-5-4-6-17(21)15-8-10-18(19(25)12-15)20-14-29-13-16(23(26)30)9-11-22(29)27-20/h4-14,28H,1-3H3,(H2,26,30). The molecular formula is C24H23FN4O2S. The molecule has 0 saturated carbocycles. The first-order chi connectivity index (χ1) is 15.1. The number of nitrogens with zero attached hydrogens (tertiary/aromatic N) is 2. The average molecular weight is 451 g/mol. The van der Waals surface area contributed by atoms with Gasteiger partial charge in [0.25, 0.3) is 0 Å². The van der Waals surface area contributed by atoms with E-state index >= 15 is 4.39 Å². The second-order valence-corrected chi connectivity index (χ2v) is 9.67. The Bertz CT molecular complexity index is 1360. The van der Waals surface area contributed by atoms with Crippen molar-refractivity contribution in [1.82, 2.24) is 14.1 Å². The largest absolute Gasteiger partial charge is 0.366 e. The van der Waals surface area contributed by atoms with Crippen LogP contribution in [0.1, 0.15) is 31.1 Å². The van der Waals surface area contributed by atoms with Gasteiger partial charge < -0.3 is 10.1 Å². The summed E-state index contributed by atoms with van der Waals surface area (Å²) in [4.78, 5) is 16.4. The van der Waals surface area contributed by atoms with E-state index in [0.717, 1.165) is 0 Å². The zero-order valence-electron chi connectivity index (χ0n) is 17.9. The molecular weight excluding hydrogens is 427 g/mol. The molecule has 1 unspecified atom stereocenters. The zero-order chi connectivity index (χ0) is 23.0. The molecule has 8 heteroatoms. The molecule has 0 aliphatic carbocycles. The van der Waals surface area contributed by atoms with Crippen molar-refractivity contribution in [3.63, 3.8) is 0 Å². The van der Waals surface area contributed by atoms with Crippen LogP contribution in [0.25, 0.3) is 28.0 Å². The number of halogens is 1. The van der Waals surface area contributed by atoms with Crippen LogP contribution in [0.3, 0.4) is 0 Å². The van der Waals surface area contributed by atoms with Gasteiger partial charge in [-0.3, -0.25) is 4.79 Å². The van der Waals surface area contributed by atoms with Crippen LogP contribution in [0.2, 0.25) is 0 Å². The fourth-order valence-corrected chi connectivity index (χ4v) is 4.61. The molecule has 0 aliphatic heterocycles. The number of hydrogen-bond donors (Lipinski definition) is 2. The van der Waals surface area contributed by atoms with Crippen LogP contribution >= 0.6 is 0 Å². The van der Waals surface area contributed by atoms with Gasteiger partial charge in [-0.1, -0.05) is 24.3 Å². The van der Waals surface area contributed by atoms with Crippen LogP contribution in [-0.4, -0.2) is 25.0 Å². The van der Waals surface area contributed by atoms with Crippen molar-refractivity contribution >= 4 is 22.5 Å². The Morgan fingerprint density at radius 2 is 1.81 bits per heavy atom. The summed E-state index contributed by atoms with van der Waals surface area (Å²) in [6.45, 7) is 5.80. The van der Waals surface area contributed by atoms with Crippen molar-refractivity contribution in [3.8, 4) is 22.4 Å². The van der Waals surface area contributed by atoms with Crippen molar-refractivity contribution in [2.75, 3.05) is 0 Å². The number of carbonyl (C=O) groups is 1. The van der Waals surface area contributed by atoms with E-state index in [1.165, 1.54) is 6.07 Å². The van der Waals surface area contributed by atoms with Crippen molar-refractivity contribution in [2.45, 2.75) is 31.2 Å². The molecule has 2 aromatic heterocycles. The first-order valence-corrected chi connectivity index (χ1v) is 11.1. The molecule has 164 valence electrons. The Hall–Kier alpha value is -3.36. The van der Waals surface area contributed by atoms with Crippen LogP contribution in [0.15, 0.2) is 71.9 Å². The van der Waals surface area contributed by atoms with Gasteiger partial charge in [0.1, 0.15) is 22.5 Å². The lowest BCUT2D eigenvalue weighted by molar-refractivity contribution is 0.1000. The van der Waals surface area contributed by atoms with E-state index < -0.39 is 22.7 Å². The minimum absolute atomic E-state index is 0.324. The van der Waals surface area contributed by atoms with E-state index in [4.69, 9.17) is 5.73 Å². The number of rotatable bonds is 5. The zero-order valence-corrected chi connectivity index (χ0v) is 18.7. The van der Waals surface area contributed by atoms with E-state index in [9.17, 15) is 9.00 Å². The van der Waals surface area contributed by atoms with E-state index in [1.54, 1.807) is 47.1 Å². The molecule has 3 N–H and O–H groups in total. The molecule has 2 aromatic carbocycles. The molecule has 0 aliphatic rings. The molecule has 4 aromatic rings. The molecule has 0 spiro atoms. The van der Waals surface area contributed by atoms with Gasteiger partial charge in [-0.2, -0.15) is 0 Å². The van der Waals surface area contributed by atoms with Crippen LogP contribution in [0, 0.1) is 5.82 Å². The first kappa shape index (κ1) is 21.9. The molecule has 1 amide bonds. The minimum Gasteiger partial charge on any atom is -0.366 e. The summed E-state index contributed by atoms with van der Waals surface area (Å²) in [5.41, 5.74) is 7.96. The highest BCUT2D eigenvalue weighted by Crippen LogP contribution is 2.31. The van der Waals surface area contributed by atoms with Crippen LogP contribution in [0.4, 0.5) is 4.39 Å². The maximum atomic E-state index is 15.1. The third kappa shape index (κ3) is 4.46. The number of pyridine rings is 1. The second-order valence-electron chi connectivity index (χ2n) is 8.49. The van der Waals surface area contributed by atoms with Gasteiger partial charge in [-0.15, -0.1) is 0 Å². The summed E-state index contributed by atoms with van der Waals surface area (Å²) >= 11 is 0. The van der Waals surface area contributed by atoms with Crippen LogP contribution < -0.4 is 10.5 Å². The summed E-state index contributed by atoms with van der Waals surface area (Å²) in [7, 11) is -1.46. The van der Waals surface area contributed by atoms with E-state index in [2.05, 4.69) is 9.71 Å². The van der Waals surface area contributed by atoms with E-state index in [0.29, 0.717) is 38.5 Å². The fraction of sp³-hybridized carbons (Fsp3) is 0.167. The normalized spacial score (nSPS) is 12.8. The maximum absolute atomic E-state index is 15.1. The number of aromatic nitrogens is 2. The number of imidazole rings is 1. The molecule has 1 atom stereocenters. The topological polar surface area (TPSA) is 89.5 Å². The van der Waals surface area contributed by atoms with Gasteiger partial charge in [0, 0.05) is 23.5 Å². The molecule has 6 nitrogen and oxygen atoms in total. The maximum Gasteiger partial charge on any atom is 0.250 e. The quantitative estimate of drug-likeness (QED) is 0.475. The Balaban J connectivity index is 1.72. The van der Waals surface area contributed by atoms with Gasteiger partial charge in [0.15, 0.2) is 0 Å². The number of carbonyl (C=O) groups excluding carboxylic acids is 1. The summed E-state index contributed by atoms with van der Waals surface area (Å²) in [6.07, 6.45) is 3.21. The number of nitrogens with one attached hydrogen (secondary N) is 1. The van der Waals surface area contributed by atoms with Gasteiger partial charge in [0.2, 0.25) is 5.91 Å². The Labute approximate surface area is 187 Å². The number of benzene rings is 2. The SMILES string of the molecule is CC(C)(C)NS(=O)c1ccccc1-c1ccc(-c2cn3cc(C(N)=O)ccc3n2)c(F)c1. The van der Waals surface area contributed by atoms with Crippen molar-refractivity contribution in [1.29, 1.82) is 0 Å². The molecule has 0 radical (unpaired) electrons.